The average molecular weight is 576 g/mol. The number of methoxy groups -OCH3 is 1. The van der Waals surface area contributed by atoms with Crippen LogP contribution in [0.5, 0.6) is 0 Å². The van der Waals surface area contributed by atoms with E-state index < -0.39 is 71.5 Å². The molecule has 10 heteroatoms. The molecule has 13 atom stereocenters. The standard InChI is InChI=1S/C30H57NO9/c1-12-22-30(9,36)25(32)20(5)31(10)16-17(2)13-28(7,35)14-18(3)24(19(4)27(34)39-22)40-23-15-29(8,37-11)26(33)21(6)38-23/h17-26,32-33,35-36H,12-16H2,1-11H3/t17-,18-,19-,20-,21+,22-,23+,24+,25?,26+,28-,29-,30-/m1/s1. The van der Waals surface area contributed by atoms with Crippen LogP contribution in [0.2, 0.25) is 0 Å². The van der Waals surface area contributed by atoms with Gasteiger partial charge in [0.15, 0.2) is 6.29 Å². The highest BCUT2D eigenvalue weighted by molar-refractivity contribution is 5.73. The van der Waals surface area contributed by atoms with E-state index in [-0.39, 0.29) is 18.3 Å². The van der Waals surface area contributed by atoms with Crippen molar-refractivity contribution in [2.24, 2.45) is 17.8 Å². The third-order valence-corrected chi connectivity index (χ3v) is 9.39. The maximum atomic E-state index is 13.6. The van der Waals surface area contributed by atoms with Crippen LogP contribution < -0.4 is 0 Å². The Balaban J connectivity index is 2.47. The SMILES string of the molecule is CC[C@H]1OC(=O)[C@H](C)[C@@H](O[C@H]2C[C@@](C)(OC)[C@@H](O)[C@H](C)O2)[C@H](C)C[C@](C)(O)C[C@@H](C)CN(C)[C@H](C)C(O)[C@]1(C)O. The number of rotatable bonds is 4. The van der Waals surface area contributed by atoms with Gasteiger partial charge >= 0.3 is 5.97 Å². The fraction of sp³-hybridized carbons (Fsp3) is 0.967. The third kappa shape index (κ3) is 8.16. The van der Waals surface area contributed by atoms with Gasteiger partial charge in [-0.25, -0.2) is 0 Å². The van der Waals surface area contributed by atoms with Gasteiger partial charge in [0.1, 0.15) is 23.9 Å². The summed E-state index contributed by atoms with van der Waals surface area (Å²) in [6, 6.07) is -0.427. The zero-order chi connectivity index (χ0) is 30.8. The molecule has 0 bridgehead atoms. The van der Waals surface area contributed by atoms with Gasteiger partial charge in [0, 0.05) is 26.1 Å². The number of aliphatic hydroxyl groups is 4. The number of hydrogen-bond acceptors (Lipinski definition) is 10. The quantitative estimate of drug-likeness (QED) is 0.370. The lowest BCUT2D eigenvalue weighted by molar-refractivity contribution is -0.296. The van der Waals surface area contributed by atoms with Crippen molar-refractivity contribution in [1.29, 1.82) is 0 Å². The van der Waals surface area contributed by atoms with E-state index in [4.69, 9.17) is 18.9 Å². The Kier molecular flexibility index (Phi) is 12.0. The van der Waals surface area contributed by atoms with Gasteiger partial charge < -0.3 is 44.3 Å². The molecule has 2 saturated heterocycles. The van der Waals surface area contributed by atoms with Crippen LogP contribution in [0.3, 0.4) is 0 Å². The van der Waals surface area contributed by atoms with Crippen LogP contribution >= 0.6 is 0 Å². The fourth-order valence-corrected chi connectivity index (χ4v) is 6.80. The molecule has 2 heterocycles. The van der Waals surface area contributed by atoms with Gasteiger partial charge in [-0.05, 0) is 79.7 Å². The molecule has 4 N–H and O–H groups in total. The van der Waals surface area contributed by atoms with Crippen molar-refractivity contribution in [3.63, 3.8) is 0 Å². The Morgan fingerprint density at radius 2 is 1.60 bits per heavy atom. The van der Waals surface area contributed by atoms with Crippen LogP contribution in [-0.2, 0) is 23.7 Å². The molecule has 2 aliphatic rings. The number of nitrogens with zero attached hydrogens (tertiary/aromatic N) is 1. The summed E-state index contributed by atoms with van der Waals surface area (Å²) in [7, 11) is 3.41. The Labute approximate surface area is 241 Å². The lowest BCUT2D eigenvalue weighted by atomic mass is 9.80. The Morgan fingerprint density at radius 1 is 1.00 bits per heavy atom. The monoisotopic (exact) mass is 575 g/mol. The second kappa shape index (κ2) is 13.6. The molecule has 40 heavy (non-hydrogen) atoms. The van der Waals surface area contributed by atoms with Gasteiger partial charge in [-0.1, -0.05) is 20.8 Å². The summed E-state index contributed by atoms with van der Waals surface area (Å²) in [6.45, 7) is 16.8. The van der Waals surface area contributed by atoms with Crippen molar-refractivity contribution in [2.45, 2.75) is 148 Å². The first kappa shape index (κ1) is 35.3. The molecule has 2 fully saturated rings. The van der Waals surface area contributed by atoms with Gasteiger partial charge in [-0.15, -0.1) is 0 Å². The lowest BCUT2D eigenvalue weighted by Gasteiger charge is -2.46. The Hall–Kier alpha value is -0.850. The third-order valence-electron chi connectivity index (χ3n) is 9.39. The number of ether oxygens (including phenoxy) is 4. The Bertz CT molecular complexity index is 823. The van der Waals surface area contributed by atoms with E-state index >= 15 is 0 Å². The molecule has 1 unspecified atom stereocenters. The summed E-state index contributed by atoms with van der Waals surface area (Å²) >= 11 is 0. The lowest BCUT2D eigenvalue weighted by Crippen LogP contribution is -2.59. The topological polar surface area (TPSA) is 138 Å². The molecular formula is C30H57NO9. The molecule has 2 aliphatic heterocycles. The molecule has 2 rings (SSSR count). The number of hydrogen-bond donors (Lipinski definition) is 4. The Morgan fingerprint density at radius 3 is 2.15 bits per heavy atom. The predicted octanol–water partition coefficient (Wildman–Crippen LogP) is 2.48. The second-order valence-electron chi connectivity index (χ2n) is 13.5. The second-order valence-corrected chi connectivity index (χ2v) is 13.5. The zero-order valence-corrected chi connectivity index (χ0v) is 26.6. The molecule has 10 nitrogen and oxygen atoms in total. The van der Waals surface area contributed by atoms with Crippen molar-refractivity contribution in [1.82, 2.24) is 4.90 Å². The molecule has 0 aromatic heterocycles. The first-order valence-electron chi connectivity index (χ1n) is 14.9. The summed E-state index contributed by atoms with van der Waals surface area (Å²) in [5.74, 6) is -1.55. The minimum absolute atomic E-state index is 0.0833. The van der Waals surface area contributed by atoms with E-state index in [0.717, 1.165) is 0 Å². The molecular weight excluding hydrogens is 518 g/mol. The molecule has 0 spiro atoms. The van der Waals surface area contributed by atoms with Crippen molar-refractivity contribution >= 4 is 5.97 Å². The van der Waals surface area contributed by atoms with Crippen LogP contribution in [0.1, 0.15) is 88.0 Å². The van der Waals surface area contributed by atoms with Crippen LogP contribution in [0.4, 0.5) is 0 Å². The summed E-state index contributed by atoms with van der Waals surface area (Å²) < 4.78 is 24.0. The molecule has 0 radical (unpaired) electrons. The molecule has 0 aliphatic carbocycles. The van der Waals surface area contributed by atoms with Crippen LogP contribution in [-0.4, -0.2) is 112 Å². The maximum Gasteiger partial charge on any atom is 0.311 e. The molecule has 0 saturated carbocycles. The summed E-state index contributed by atoms with van der Waals surface area (Å²) in [5.41, 5.74) is -3.66. The highest BCUT2D eigenvalue weighted by Crippen LogP contribution is 2.37. The number of carbonyl (C=O) groups is 1. The summed E-state index contributed by atoms with van der Waals surface area (Å²) in [5, 5.41) is 44.8. The number of esters is 1. The number of aliphatic hydroxyl groups excluding tert-OH is 2. The minimum atomic E-state index is -1.70. The van der Waals surface area contributed by atoms with Crippen molar-refractivity contribution in [2.75, 3.05) is 20.7 Å². The van der Waals surface area contributed by atoms with E-state index in [1.54, 1.807) is 34.6 Å². The maximum absolute atomic E-state index is 13.6. The molecule has 0 aromatic rings. The van der Waals surface area contributed by atoms with Crippen LogP contribution in [0.25, 0.3) is 0 Å². The van der Waals surface area contributed by atoms with Crippen LogP contribution in [0.15, 0.2) is 0 Å². The smallest absolute Gasteiger partial charge is 0.311 e. The van der Waals surface area contributed by atoms with E-state index in [1.807, 2.05) is 25.8 Å². The largest absolute Gasteiger partial charge is 0.459 e. The molecule has 0 aromatic carbocycles. The normalized spacial score (nSPS) is 49.1. The fourth-order valence-electron chi connectivity index (χ4n) is 6.80. The van der Waals surface area contributed by atoms with Gasteiger partial charge in [0.2, 0.25) is 0 Å². The first-order valence-corrected chi connectivity index (χ1v) is 14.9. The summed E-state index contributed by atoms with van der Waals surface area (Å²) in [4.78, 5) is 15.6. The van der Waals surface area contributed by atoms with Crippen molar-refractivity contribution in [3.8, 4) is 0 Å². The number of carbonyl (C=O) groups excluding carboxylic acids is 1. The average Bonchev–Trinajstić information content (AvgIpc) is 2.85. The van der Waals surface area contributed by atoms with Gasteiger partial charge in [0.25, 0.3) is 0 Å². The highest BCUT2D eigenvalue weighted by atomic mass is 16.7. The minimum Gasteiger partial charge on any atom is -0.459 e. The van der Waals surface area contributed by atoms with Gasteiger partial charge in [-0.2, -0.15) is 0 Å². The number of cyclic esters (lactones) is 1. The van der Waals surface area contributed by atoms with E-state index in [2.05, 4.69) is 6.92 Å². The number of likely N-dealkylation sites (N-methyl/N-ethyl adjacent to an activating group) is 1. The van der Waals surface area contributed by atoms with Crippen molar-refractivity contribution in [3.05, 3.63) is 0 Å². The molecule has 0 amide bonds. The van der Waals surface area contributed by atoms with E-state index in [1.165, 1.54) is 14.0 Å². The van der Waals surface area contributed by atoms with Crippen LogP contribution in [0, 0.1) is 17.8 Å². The first-order chi connectivity index (χ1) is 18.3. The molecule has 236 valence electrons. The zero-order valence-electron chi connectivity index (χ0n) is 26.6. The van der Waals surface area contributed by atoms with Gasteiger partial charge in [-0.3, -0.25) is 4.79 Å². The van der Waals surface area contributed by atoms with Crippen molar-refractivity contribution < 1.29 is 44.2 Å². The predicted molar refractivity (Wildman–Crippen MR) is 151 cm³/mol. The summed E-state index contributed by atoms with van der Waals surface area (Å²) in [6.07, 6.45) is -3.62. The highest BCUT2D eigenvalue weighted by Gasteiger charge is 2.49. The van der Waals surface area contributed by atoms with E-state index in [0.29, 0.717) is 25.8 Å². The van der Waals surface area contributed by atoms with Gasteiger partial charge in [0.05, 0.1) is 29.3 Å². The van der Waals surface area contributed by atoms with E-state index in [9.17, 15) is 25.2 Å².